The molecule has 2 aromatic rings. The van der Waals surface area contributed by atoms with Crippen LogP contribution in [0.1, 0.15) is 21.5 Å². The minimum atomic E-state index is -4.49. The molecule has 0 aliphatic carbocycles. The van der Waals surface area contributed by atoms with Crippen molar-refractivity contribution in [1.82, 2.24) is 4.90 Å². The van der Waals surface area contributed by atoms with Gasteiger partial charge < -0.3 is 14.9 Å². The first-order valence-corrected chi connectivity index (χ1v) is 9.38. The van der Waals surface area contributed by atoms with Gasteiger partial charge >= 0.3 is 6.18 Å². The molecule has 0 saturated carbocycles. The summed E-state index contributed by atoms with van der Waals surface area (Å²) in [5.41, 5.74) is 0.366. The van der Waals surface area contributed by atoms with Crippen molar-refractivity contribution in [3.05, 3.63) is 71.3 Å². The molecule has 1 fully saturated rings. The van der Waals surface area contributed by atoms with Crippen molar-refractivity contribution in [2.45, 2.75) is 6.18 Å². The fraction of sp³-hybridized carbons (Fsp3) is 0.227. The van der Waals surface area contributed by atoms with Crippen molar-refractivity contribution >= 4 is 29.4 Å². The number of aliphatic hydroxyl groups is 1. The number of aliphatic hydroxyl groups excluding tert-OH is 1. The number of piperazine rings is 1. The van der Waals surface area contributed by atoms with Gasteiger partial charge in [0, 0.05) is 18.7 Å². The lowest BCUT2D eigenvalue weighted by Crippen LogP contribution is -2.52. The number of hydrogen-bond acceptors (Lipinski definition) is 4. The Labute approximate surface area is 176 Å². The molecule has 2 aromatic carbocycles. The van der Waals surface area contributed by atoms with E-state index in [4.69, 9.17) is 5.11 Å². The fourth-order valence-electron chi connectivity index (χ4n) is 3.20. The van der Waals surface area contributed by atoms with Crippen molar-refractivity contribution in [3.8, 4) is 0 Å². The fourth-order valence-corrected chi connectivity index (χ4v) is 3.20. The summed E-state index contributed by atoms with van der Waals surface area (Å²) in [5.74, 6) is -1.36. The van der Waals surface area contributed by atoms with E-state index in [0.29, 0.717) is 11.3 Å². The lowest BCUT2D eigenvalue weighted by molar-refractivity contribution is -0.137. The van der Waals surface area contributed by atoms with E-state index < -0.39 is 30.0 Å². The summed E-state index contributed by atoms with van der Waals surface area (Å²) in [6, 6.07) is 10.7. The molecule has 1 heterocycles. The van der Waals surface area contributed by atoms with Gasteiger partial charge in [0.2, 0.25) is 5.91 Å². The molecule has 0 bridgehead atoms. The second-order valence-corrected chi connectivity index (χ2v) is 6.86. The van der Waals surface area contributed by atoms with Crippen LogP contribution in [0.5, 0.6) is 0 Å². The van der Waals surface area contributed by atoms with E-state index in [1.165, 1.54) is 22.0 Å². The van der Waals surface area contributed by atoms with Crippen LogP contribution in [-0.2, 0) is 15.8 Å². The summed E-state index contributed by atoms with van der Waals surface area (Å²) >= 11 is 0. The number of amides is 2. The molecule has 1 aliphatic heterocycles. The molecule has 1 saturated heterocycles. The van der Waals surface area contributed by atoms with Crippen LogP contribution in [0.25, 0.3) is 6.08 Å². The molecule has 0 atom stereocenters. The maximum atomic E-state index is 12.7. The molecule has 1 aliphatic rings. The molecular formula is C22H19F3N2O4. The molecular weight excluding hydrogens is 413 g/mol. The van der Waals surface area contributed by atoms with Crippen molar-refractivity contribution in [3.63, 3.8) is 0 Å². The van der Waals surface area contributed by atoms with Crippen LogP contribution in [0, 0.1) is 0 Å². The summed E-state index contributed by atoms with van der Waals surface area (Å²) in [4.78, 5) is 39.5. The summed E-state index contributed by atoms with van der Waals surface area (Å²) in [5, 5.41) is 8.84. The Morgan fingerprint density at radius 1 is 1.03 bits per heavy atom. The standard InChI is InChI=1S/C22H19F3N2O4/c23-22(24,25)17-8-5-16(6-9-17)21(31)26-11-12-27(20(30)13-26)19-4-2-1-3-15(19)7-10-18(29)14-28/h1-10,28H,11-14H2/b10-7+. The van der Waals surface area contributed by atoms with Gasteiger partial charge in [-0.2, -0.15) is 13.2 Å². The summed E-state index contributed by atoms with van der Waals surface area (Å²) in [6.07, 6.45) is -1.78. The second kappa shape index (κ2) is 9.13. The van der Waals surface area contributed by atoms with Crippen molar-refractivity contribution < 1.29 is 32.7 Å². The number of para-hydroxylation sites is 1. The topological polar surface area (TPSA) is 77.9 Å². The maximum absolute atomic E-state index is 12.7. The molecule has 6 nitrogen and oxygen atoms in total. The second-order valence-electron chi connectivity index (χ2n) is 6.86. The lowest BCUT2D eigenvalue weighted by atomic mass is 10.1. The van der Waals surface area contributed by atoms with Crippen LogP contribution in [-0.4, -0.2) is 53.8 Å². The number of alkyl halides is 3. The average molecular weight is 432 g/mol. The van der Waals surface area contributed by atoms with Gasteiger partial charge in [-0.05, 0) is 48.0 Å². The first-order valence-electron chi connectivity index (χ1n) is 9.38. The summed E-state index contributed by atoms with van der Waals surface area (Å²) in [7, 11) is 0. The van der Waals surface area contributed by atoms with Crippen molar-refractivity contribution in [2.75, 3.05) is 31.1 Å². The van der Waals surface area contributed by atoms with Gasteiger partial charge in [0.05, 0.1) is 11.3 Å². The van der Waals surface area contributed by atoms with E-state index in [2.05, 4.69) is 0 Å². The van der Waals surface area contributed by atoms with Crippen LogP contribution in [0.15, 0.2) is 54.6 Å². The number of carbonyl (C=O) groups is 3. The molecule has 0 unspecified atom stereocenters. The molecule has 0 radical (unpaired) electrons. The van der Waals surface area contributed by atoms with Crippen LogP contribution < -0.4 is 4.90 Å². The third kappa shape index (κ3) is 5.18. The van der Waals surface area contributed by atoms with Gasteiger partial charge in [-0.1, -0.05) is 18.2 Å². The monoisotopic (exact) mass is 432 g/mol. The Morgan fingerprint density at radius 2 is 1.71 bits per heavy atom. The Hall–Kier alpha value is -3.46. The van der Waals surface area contributed by atoms with E-state index in [-0.39, 0.29) is 31.1 Å². The summed E-state index contributed by atoms with van der Waals surface area (Å²) in [6.45, 7) is -0.473. The van der Waals surface area contributed by atoms with Crippen molar-refractivity contribution in [1.29, 1.82) is 0 Å². The smallest absolute Gasteiger partial charge is 0.388 e. The number of benzene rings is 2. The number of carbonyl (C=O) groups excluding carboxylic acids is 3. The number of nitrogens with zero attached hydrogens (tertiary/aromatic N) is 2. The Bertz CT molecular complexity index is 1020. The maximum Gasteiger partial charge on any atom is 0.416 e. The lowest BCUT2D eigenvalue weighted by Gasteiger charge is -2.35. The number of rotatable bonds is 5. The average Bonchev–Trinajstić information content (AvgIpc) is 2.76. The molecule has 9 heteroatoms. The van der Waals surface area contributed by atoms with Crippen LogP contribution >= 0.6 is 0 Å². The van der Waals surface area contributed by atoms with Gasteiger partial charge in [-0.15, -0.1) is 0 Å². The van der Waals surface area contributed by atoms with Gasteiger partial charge in [-0.3, -0.25) is 14.4 Å². The largest absolute Gasteiger partial charge is 0.416 e. The zero-order chi connectivity index (χ0) is 22.6. The highest BCUT2D eigenvalue weighted by atomic mass is 19.4. The zero-order valence-electron chi connectivity index (χ0n) is 16.3. The number of anilines is 1. The third-order valence-electron chi connectivity index (χ3n) is 4.80. The van der Waals surface area contributed by atoms with Crippen LogP contribution in [0.3, 0.4) is 0 Å². The molecule has 2 amide bonds. The van der Waals surface area contributed by atoms with E-state index in [0.717, 1.165) is 24.3 Å². The molecule has 3 rings (SSSR count). The normalized spacial score (nSPS) is 14.9. The quantitative estimate of drug-likeness (QED) is 0.738. The van der Waals surface area contributed by atoms with Gasteiger partial charge in [-0.25, -0.2) is 0 Å². The predicted molar refractivity (Wildman–Crippen MR) is 107 cm³/mol. The number of hydrogen-bond donors (Lipinski definition) is 1. The first kappa shape index (κ1) is 22.2. The predicted octanol–water partition coefficient (Wildman–Crippen LogP) is 2.77. The molecule has 0 spiro atoms. The highest BCUT2D eigenvalue weighted by Crippen LogP contribution is 2.29. The van der Waals surface area contributed by atoms with E-state index >= 15 is 0 Å². The molecule has 1 N–H and O–H groups in total. The Balaban J connectivity index is 1.73. The number of ketones is 1. The van der Waals surface area contributed by atoms with Gasteiger partial charge in [0.25, 0.3) is 5.91 Å². The van der Waals surface area contributed by atoms with Crippen molar-refractivity contribution in [2.24, 2.45) is 0 Å². The van der Waals surface area contributed by atoms with E-state index in [1.54, 1.807) is 24.3 Å². The summed E-state index contributed by atoms with van der Waals surface area (Å²) < 4.78 is 38.1. The van der Waals surface area contributed by atoms with Gasteiger partial charge in [0.1, 0.15) is 13.2 Å². The highest BCUT2D eigenvalue weighted by Gasteiger charge is 2.32. The molecule has 0 aromatic heterocycles. The van der Waals surface area contributed by atoms with Crippen LogP contribution in [0.4, 0.5) is 18.9 Å². The number of halogens is 3. The Morgan fingerprint density at radius 3 is 2.32 bits per heavy atom. The molecule has 31 heavy (non-hydrogen) atoms. The SMILES string of the molecule is O=C(/C=C/c1ccccc1N1CCN(C(=O)c2ccc(C(F)(F)F)cc2)CC1=O)CO. The van der Waals surface area contributed by atoms with E-state index in [9.17, 15) is 27.6 Å². The van der Waals surface area contributed by atoms with Gasteiger partial charge in [0.15, 0.2) is 5.78 Å². The highest BCUT2D eigenvalue weighted by molar-refractivity contribution is 6.03. The van der Waals surface area contributed by atoms with Crippen LogP contribution in [0.2, 0.25) is 0 Å². The minimum Gasteiger partial charge on any atom is -0.388 e. The molecule has 162 valence electrons. The van der Waals surface area contributed by atoms with E-state index in [1.807, 2.05) is 0 Å². The Kier molecular flexibility index (Phi) is 6.55. The minimum absolute atomic E-state index is 0.0695. The zero-order valence-corrected chi connectivity index (χ0v) is 16.3. The third-order valence-corrected chi connectivity index (χ3v) is 4.80. The first-order chi connectivity index (χ1) is 14.7.